The fraction of sp³-hybridized carbons (Fsp3) is 0.444. The van der Waals surface area contributed by atoms with Crippen LogP contribution in [0.1, 0.15) is 23.2 Å². The Morgan fingerprint density at radius 2 is 2.12 bits per heavy atom. The average Bonchev–Trinajstić information content (AvgIpc) is 2.57. The van der Waals surface area contributed by atoms with Gasteiger partial charge in [-0.2, -0.15) is 0 Å². The van der Waals surface area contributed by atoms with E-state index in [-0.39, 0.29) is 22.3 Å². The zero-order chi connectivity index (χ0) is 12.5. The number of primary sulfonamides is 1. The van der Waals surface area contributed by atoms with Gasteiger partial charge in [0.2, 0.25) is 10.0 Å². The molecule has 0 atom stereocenters. The van der Waals surface area contributed by atoms with E-state index in [4.69, 9.17) is 9.56 Å². The predicted molar refractivity (Wildman–Crippen MR) is 57.5 cm³/mol. The summed E-state index contributed by atoms with van der Waals surface area (Å²) in [5, 5.41) is 4.97. The van der Waals surface area contributed by atoms with Crippen molar-refractivity contribution in [2.24, 2.45) is 5.14 Å². The number of amides is 1. The molecule has 0 aliphatic heterocycles. The minimum Gasteiger partial charge on any atom is -0.455 e. The van der Waals surface area contributed by atoms with Gasteiger partial charge in [-0.1, -0.05) is 0 Å². The third kappa shape index (κ3) is 2.42. The Bertz CT molecular complexity index is 504. The Kier molecular flexibility index (Phi) is 3.39. The summed E-state index contributed by atoms with van der Waals surface area (Å²) in [6, 6.07) is 1.15. The fourth-order valence-corrected chi connectivity index (χ4v) is 1.90. The molecule has 0 radical (unpaired) electrons. The number of nitrogens with zero attached hydrogens (tertiary/aromatic N) is 1. The van der Waals surface area contributed by atoms with Gasteiger partial charge in [-0.25, -0.2) is 13.6 Å². The Balaban J connectivity index is 3.17. The number of carbonyl (C=O) groups is 1. The summed E-state index contributed by atoms with van der Waals surface area (Å²) in [7, 11) is -2.25. The maximum Gasteiger partial charge on any atom is 0.289 e. The first kappa shape index (κ1) is 12.7. The van der Waals surface area contributed by atoms with Crippen molar-refractivity contribution < 1.29 is 17.6 Å². The summed E-state index contributed by atoms with van der Waals surface area (Å²) >= 11 is 0. The summed E-state index contributed by atoms with van der Waals surface area (Å²) < 4.78 is 27.3. The first-order valence-corrected chi connectivity index (χ1v) is 6.20. The van der Waals surface area contributed by atoms with E-state index in [0.29, 0.717) is 6.54 Å². The number of carbonyl (C=O) groups excluding carboxylic acids is 1. The van der Waals surface area contributed by atoms with Crippen molar-refractivity contribution in [3.05, 3.63) is 17.6 Å². The molecule has 1 rings (SSSR count). The molecule has 0 saturated heterocycles. The molecule has 1 heterocycles. The van der Waals surface area contributed by atoms with Gasteiger partial charge in [0.25, 0.3) is 5.91 Å². The quantitative estimate of drug-likeness (QED) is 0.831. The second kappa shape index (κ2) is 4.26. The first-order chi connectivity index (χ1) is 7.27. The third-order valence-corrected chi connectivity index (χ3v) is 3.23. The van der Waals surface area contributed by atoms with Crippen LogP contribution in [0.3, 0.4) is 0 Å². The van der Waals surface area contributed by atoms with Crippen LogP contribution in [-0.4, -0.2) is 32.8 Å². The van der Waals surface area contributed by atoms with Crippen LogP contribution in [0.25, 0.3) is 0 Å². The van der Waals surface area contributed by atoms with Gasteiger partial charge in [-0.05, 0) is 13.8 Å². The van der Waals surface area contributed by atoms with Gasteiger partial charge in [-0.3, -0.25) is 4.79 Å². The summed E-state index contributed by atoms with van der Waals surface area (Å²) in [6.07, 6.45) is 0. The minimum absolute atomic E-state index is 0.0223. The predicted octanol–water partition coefficient (Wildman–Crippen LogP) is 0.327. The van der Waals surface area contributed by atoms with Crippen molar-refractivity contribution in [3.63, 3.8) is 0 Å². The van der Waals surface area contributed by atoms with Gasteiger partial charge in [-0.15, -0.1) is 0 Å². The van der Waals surface area contributed by atoms with Crippen LogP contribution in [-0.2, 0) is 10.0 Å². The minimum atomic E-state index is -3.84. The molecule has 0 bridgehead atoms. The van der Waals surface area contributed by atoms with E-state index >= 15 is 0 Å². The Morgan fingerprint density at radius 1 is 1.56 bits per heavy atom. The van der Waals surface area contributed by atoms with Crippen molar-refractivity contribution in [2.75, 3.05) is 13.6 Å². The van der Waals surface area contributed by atoms with E-state index < -0.39 is 10.0 Å². The molecule has 2 N–H and O–H groups in total. The molecule has 1 aromatic rings. The Labute approximate surface area is 94.1 Å². The topological polar surface area (TPSA) is 93.6 Å². The lowest BCUT2D eigenvalue weighted by Gasteiger charge is -2.11. The van der Waals surface area contributed by atoms with Gasteiger partial charge in [0.1, 0.15) is 10.7 Å². The van der Waals surface area contributed by atoms with Gasteiger partial charge in [0.15, 0.2) is 5.76 Å². The second-order valence-corrected chi connectivity index (χ2v) is 4.93. The highest BCUT2D eigenvalue weighted by Crippen LogP contribution is 2.19. The zero-order valence-corrected chi connectivity index (χ0v) is 10.2. The maximum absolute atomic E-state index is 11.7. The molecule has 16 heavy (non-hydrogen) atoms. The molecular formula is C9H14N2O4S. The lowest BCUT2D eigenvalue weighted by Crippen LogP contribution is -2.25. The number of hydrogen-bond donors (Lipinski definition) is 1. The number of sulfonamides is 1. The standard InChI is InChI=1S/C9H14N2O4S/c1-4-11(3)9(12)7-5-8(6(2)15-7)16(10,13)14/h5H,4H2,1-3H3,(H2,10,13,14). The number of aryl methyl sites for hydroxylation is 1. The maximum atomic E-state index is 11.7. The molecule has 0 unspecified atom stereocenters. The van der Waals surface area contributed by atoms with Crippen LogP contribution >= 0.6 is 0 Å². The number of nitrogens with two attached hydrogens (primary N) is 1. The molecule has 0 fully saturated rings. The normalized spacial score (nSPS) is 11.5. The van der Waals surface area contributed by atoms with E-state index in [1.807, 2.05) is 0 Å². The van der Waals surface area contributed by atoms with Gasteiger partial charge in [0, 0.05) is 19.7 Å². The second-order valence-electron chi connectivity index (χ2n) is 3.40. The Hall–Kier alpha value is -1.34. The number of hydrogen-bond acceptors (Lipinski definition) is 4. The third-order valence-electron chi connectivity index (χ3n) is 2.21. The van der Waals surface area contributed by atoms with Crippen LogP contribution < -0.4 is 5.14 Å². The van der Waals surface area contributed by atoms with Crippen LogP contribution in [0.2, 0.25) is 0 Å². The van der Waals surface area contributed by atoms with E-state index in [0.717, 1.165) is 6.07 Å². The van der Waals surface area contributed by atoms with E-state index in [9.17, 15) is 13.2 Å². The van der Waals surface area contributed by atoms with Crippen molar-refractivity contribution in [1.29, 1.82) is 0 Å². The largest absolute Gasteiger partial charge is 0.455 e. The number of furan rings is 1. The molecule has 0 aliphatic rings. The van der Waals surface area contributed by atoms with Gasteiger partial charge < -0.3 is 9.32 Å². The summed E-state index contributed by atoms with van der Waals surface area (Å²) in [4.78, 5) is 12.9. The highest BCUT2D eigenvalue weighted by molar-refractivity contribution is 7.89. The number of rotatable bonds is 3. The fourth-order valence-electron chi connectivity index (χ4n) is 1.18. The molecule has 90 valence electrons. The highest BCUT2D eigenvalue weighted by atomic mass is 32.2. The molecule has 0 saturated carbocycles. The molecule has 6 nitrogen and oxygen atoms in total. The average molecular weight is 246 g/mol. The highest BCUT2D eigenvalue weighted by Gasteiger charge is 2.22. The van der Waals surface area contributed by atoms with Crippen LogP contribution in [0.15, 0.2) is 15.4 Å². The SMILES string of the molecule is CCN(C)C(=O)c1cc(S(N)(=O)=O)c(C)o1. The van der Waals surface area contributed by atoms with Gasteiger partial charge >= 0.3 is 0 Å². The Morgan fingerprint density at radius 3 is 2.50 bits per heavy atom. The van der Waals surface area contributed by atoms with E-state index in [1.54, 1.807) is 14.0 Å². The first-order valence-electron chi connectivity index (χ1n) is 4.66. The monoisotopic (exact) mass is 246 g/mol. The molecule has 0 spiro atoms. The van der Waals surface area contributed by atoms with Crippen LogP contribution in [0.5, 0.6) is 0 Å². The van der Waals surface area contributed by atoms with Crippen molar-refractivity contribution in [2.45, 2.75) is 18.7 Å². The molecule has 0 aromatic carbocycles. The molecular weight excluding hydrogens is 232 g/mol. The van der Waals surface area contributed by atoms with Crippen LogP contribution in [0.4, 0.5) is 0 Å². The van der Waals surface area contributed by atoms with Crippen molar-refractivity contribution >= 4 is 15.9 Å². The van der Waals surface area contributed by atoms with Crippen LogP contribution in [0, 0.1) is 6.92 Å². The molecule has 1 amide bonds. The molecule has 7 heteroatoms. The van der Waals surface area contributed by atoms with Crippen molar-refractivity contribution in [3.8, 4) is 0 Å². The summed E-state index contributed by atoms with van der Waals surface area (Å²) in [6.45, 7) is 3.75. The van der Waals surface area contributed by atoms with Crippen molar-refractivity contribution in [1.82, 2.24) is 4.90 Å². The lowest BCUT2D eigenvalue weighted by atomic mass is 10.4. The smallest absolute Gasteiger partial charge is 0.289 e. The zero-order valence-electron chi connectivity index (χ0n) is 9.35. The molecule has 1 aromatic heterocycles. The van der Waals surface area contributed by atoms with Gasteiger partial charge in [0.05, 0.1) is 0 Å². The summed E-state index contributed by atoms with van der Waals surface area (Å²) in [5.41, 5.74) is 0. The molecule has 0 aliphatic carbocycles. The van der Waals surface area contributed by atoms with E-state index in [2.05, 4.69) is 0 Å². The van der Waals surface area contributed by atoms with E-state index in [1.165, 1.54) is 11.8 Å². The summed E-state index contributed by atoms with van der Waals surface area (Å²) in [5.74, 6) is -0.276. The lowest BCUT2D eigenvalue weighted by molar-refractivity contribution is 0.0769.